The fourth-order valence-corrected chi connectivity index (χ4v) is 1.38. The zero-order valence-corrected chi connectivity index (χ0v) is 9.97. The van der Waals surface area contributed by atoms with Crippen molar-refractivity contribution in [1.29, 1.82) is 0 Å². The van der Waals surface area contributed by atoms with Crippen molar-refractivity contribution in [2.24, 2.45) is 0 Å². The van der Waals surface area contributed by atoms with Crippen LogP contribution in [0.4, 0.5) is 0 Å². The number of aromatic nitrogens is 2. The molecule has 0 aromatic carbocycles. The Morgan fingerprint density at radius 3 is 2.56 bits per heavy atom. The molecule has 0 saturated carbocycles. The van der Waals surface area contributed by atoms with Crippen LogP contribution in [0.2, 0.25) is 0 Å². The summed E-state index contributed by atoms with van der Waals surface area (Å²) in [5.74, 6) is 0. The first kappa shape index (κ1) is 12.9. The van der Waals surface area contributed by atoms with Gasteiger partial charge in [0.05, 0.1) is 6.54 Å². The van der Waals surface area contributed by atoms with E-state index in [1.807, 2.05) is 20.8 Å². The molecule has 0 N–H and O–H groups in total. The van der Waals surface area contributed by atoms with E-state index in [1.54, 1.807) is 12.4 Å². The van der Waals surface area contributed by atoms with Gasteiger partial charge in [0.15, 0.2) is 6.29 Å². The molecule has 0 fully saturated rings. The van der Waals surface area contributed by atoms with Crippen LogP contribution < -0.4 is 5.69 Å². The van der Waals surface area contributed by atoms with E-state index in [9.17, 15) is 4.79 Å². The third kappa shape index (κ3) is 3.75. The van der Waals surface area contributed by atoms with E-state index in [0.717, 1.165) is 5.56 Å². The number of aryl methyl sites for hydroxylation is 1. The highest BCUT2D eigenvalue weighted by molar-refractivity contribution is 4.99. The molecule has 5 heteroatoms. The van der Waals surface area contributed by atoms with Crippen LogP contribution in [-0.4, -0.2) is 29.1 Å². The van der Waals surface area contributed by atoms with Crippen molar-refractivity contribution in [2.75, 3.05) is 13.2 Å². The van der Waals surface area contributed by atoms with Crippen molar-refractivity contribution in [3.63, 3.8) is 0 Å². The molecule has 0 radical (unpaired) electrons. The molecule has 90 valence electrons. The Labute approximate surface area is 95.0 Å². The average Bonchev–Trinajstić information content (AvgIpc) is 2.24. The maximum Gasteiger partial charge on any atom is 0.347 e. The molecular weight excluding hydrogens is 208 g/mol. The standard InChI is InChI=1S/C11H18N2O3/c1-4-15-10(16-5-2)8-13-7-9(3)6-12-11(13)14/h6-7,10H,4-5,8H2,1-3H3. The van der Waals surface area contributed by atoms with Gasteiger partial charge in [-0.3, -0.25) is 4.57 Å². The summed E-state index contributed by atoms with van der Waals surface area (Å²) in [4.78, 5) is 15.2. The molecule has 0 atom stereocenters. The molecule has 0 unspecified atom stereocenters. The van der Waals surface area contributed by atoms with Gasteiger partial charge >= 0.3 is 5.69 Å². The van der Waals surface area contributed by atoms with Crippen molar-refractivity contribution >= 4 is 0 Å². The molecule has 1 aromatic rings. The first-order valence-electron chi connectivity index (χ1n) is 5.43. The van der Waals surface area contributed by atoms with Crippen LogP contribution in [0.3, 0.4) is 0 Å². The Hall–Kier alpha value is -1.20. The van der Waals surface area contributed by atoms with Gasteiger partial charge in [-0.2, -0.15) is 0 Å². The lowest BCUT2D eigenvalue weighted by Gasteiger charge is -2.17. The Morgan fingerprint density at radius 1 is 1.38 bits per heavy atom. The van der Waals surface area contributed by atoms with Crippen LogP contribution in [0, 0.1) is 6.92 Å². The van der Waals surface area contributed by atoms with E-state index in [-0.39, 0.29) is 5.69 Å². The largest absolute Gasteiger partial charge is 0.351 e. The van der Waals surface area contributed by atoms with Crippen LogP contribution in [0.25, 0.3) is 0 Å². The third-order valence-corrected chi connectivity index (χ3v) is 2.03. The Morgan fingerprint density at radius 2 is 2.00 bits per heavy atom. The minimum atomic E-state index is -0.392. The van der Waals surface area contributed by atoms with E-state index < -0.39 is 6.29 Å². The maximum absolute atomic E-state index is 11.5. The van der Waals surface area contributed by atoms with E-state index in [0.29, 0.717) is 19.8 Å². The van der Waals surface area contributed by atoms with Crippen molar-refractivity contribution in [2.45, 2.75) is 33.6 Å². The second kappa shape index (κ2) is 6.40. The van der Waals surface area contributed by atoms with Crippen LogP contribution in [-0.2, 0) is 16.0 Å². The number of hydrogen-bond acceptors (Lipinski definition) is 4. The Kier molecular flexibility index (Phi) is 5.14. The fourth-order valence-electron chi connectivity index (χ4n) is 1.38. The monoisotopic (exact) mass is 226 g/mol. The topological polar surface area (TPSA) is 53.4 Å². The predicted molar refractivity (Wildman–Crippen MR) is 60.3 cm³/mol. The van der Waals surface area contributed by atoms with Gasteiger partial charge in [-0.15, -0.1) is 0 Å². The molecule has 0 bridgehead atoms. The number of hydrogen-bond donors (Lipinski definition) is 0. The molecular formula is C11H18N2O3. The summed E-state index contributed by atoms with van der Waals surface area (Å²) in [5.41, 5.74) is 0.654. The smallest absolute Gasteiger partial charge is 0.347 e. The van der Waals surface area contributed by atoms with E-state index in [4.69, 9.17) is 9.47 Å². The Bertz CT molecular complexity index is 370. The van der Waals surface area contributed by atoms with Gasteiger partial charge in [0.25, 0.3) is 0 Å². The molecule has 0 aliphatic rings. The van der Waals surface area contributed by atoms with Crippen molar-refractivity contribution in [1.82, 2.24) is 9.55 Å². The van der Waals surface area contributed by atoms with Crippen LogP contribution in [0.1, 0.15) is 19.4 Å². The van der Waals surface area contributed by atoms with Gasteiger partial charge < -0.3 is 9.47 Å². The number of ether oxygens (including phenoxy) is 2. The SMILES string of the molecule is CCOC(Cn1cc(C)cnc1=O)OCC. The molecule has 1 aromatic heterocycles. The predicted octanol–water partition coefficient (Wildman–Crippen LogP) is 0.951. The summed E-state index contributed by atoms with van der Waals surface area (Å²) in [6.07, 6.45) is 2.91. The molecule has 5 nitrogen and oxygen atoms in total. The third-order valence-electron chi connectivity index (χ3n) is 2.03. The highest BCUT2D eigenvalue weighted by Gasteiger charge is 2.10. The fraction of sp³-hybridized carbons (Fsp3) is 0.636. The number of nitrogens with zero attached hydrogens (tertiary/aromatic N) is 2. The van der Waals surface area contributed by atoms with Crippen molar-refractivity contribution < 1.29 is 9.47 Å². The second-order valence-electron chi connectivity index (χ2n) is 3.41. The number of rotatable bonds is 6. The van der Waals surface area contributed by atoms with E-state index in [2.05, 4.69) is 4.98 Å². The minimum absolute atomic E-state index is 0.282. The molecule has 1 heterocycles. The summed E-state index contributed by atoms with van der Waals surface area (Å²) in [7, 11) is 0. The lowest BCUT2D eigenvalue weighted by atomic mass is 10.4. The summed E-state index contributed by atoms with van der Waals surface area (Å²) in [6.45, 7) is 7.15. The first-order valence-corrected chi connectivity index (χ1v) is 5.43. The summed E-state index contributed by atoms with van der Waals surface area (Å²) < 4.78 is 12.2. The maximum atomic E-state index is 11.5. The first-order chi connectivity index (χ1) is 7.67. The molecule has 0 spiro atoms. The van der Waals surface area contributed by atoms with Gasteiger partial charge in [0.2, 0.25) is 0 Å². The lowest BCUT2D eigenvalue weighted by Crippen LogP contribution is -2.31. The zero-order chi connectivity index (χ0) is 12.0. The zero-order valence-electron chi connectivity index (χ0n) is 9.97. The van der Waals surface area contributed by atoms with Crippen molar-refractivity contribution in [3.05, 3.63) is 28.4 Å². The molecule has 0 aliphatic carbocycles. The highest BCUT2D eigenvalue weighted by atomic mass is 16.7. The quantitative estimate of drug-likeness (QED) is 0.678. The van der Waals surface area contributed by atoms with Crippen LogP contribution in [0.15, 0.2) is 17.2 Å². The molecule has 16 heavy (non-hydrogen) atoms. The van der Waals surface area contributed by atoms with Gasteiger partial charge in [-0.25, -0.2) is 9.78 Å². The summed E-state index contributed by atoms with van der Waals surface area (Å²) in [5, 5.41) is 0. The van der Waals surface area contributed by atoms with Gasteiger partial charge in [-0.05, 0) is 26.3 Å². The average molecular weight is 226 g/mol. The lowest BCUT2D eigenvalue weighted by molar-refractivity contribution is -0.144. The van der Waals surface area contributed by atoms with Crippen LogP contribution in [0.5, 0.6) is 0 Å². The van der Waals surface area contributed by atoms with E-state index >= 15 is 0 Å². The Balaban J connectivity index is 2.75. The van der Waals surface area contributed by atoms with Crippen molar-refractivity contribution in [3.8, 4) is 0 Å². The van der Waals surface area contributed by atoms with E-state index in [1.165, 1.54) is 4.57 Å². The molecule has 0 aliphatic heterocycles. The molecule has 1 rings (SSSR count). The molecule has 0 saturated heterocycles. The normalized spacial score (nSPS) is 11.0. The van der Waals surface area contributed by atoms with Gasteiger partial charge in [0.1, 0.15) is 0 Å². The highest BCUT2D eigenvalue weighted by Crippen LogP contribution is 1.99. The van der Waals surface area contributed by atoms with Gasteiger partial charge in [0, 0.05) is 25.6 Å². The summed E-state index contributed by atoms with van der Waals surface area (Å²) in [6, 6.07) is 0. The van der Waals surface area contributed by atoms with Crippen LogP contribution >= 0.6 is 0 Å². The minimum Gasteiger partial charge on any atom is -0.351 e. The van der Waals surface area contributed by atoms with Gasteiger partial charge in [-0.1, -0.05) is 0 Å². The second-order valence-corrected chi connectivity index (χ2v) is 3.41. The molecule has 0 amide bonds. The summed E-state index contributed by atoms with van der Waals surface area (Å²) >= 11 is 0.